The molecule has 0 saturated heterocycles. The molecule has 0 aliphatic heterocycles. The van der Waals surface area contributed by atoms with Crippen LogP contribution in [0.2, 0.25) is 0 Å². The minimum absolute atomic E-state index is 0.151. The van der Waals surface area contributed by atoms with Gasteiger partial charge in [0.1, 0.15) is 6.61 Å². The van der Waals surface area contributed by atoms with Gasteiger partial charge in [-0.1, -0.05) is 48.5 Å². The Morgan fingerprint density at radius 3 is 2.48 bits per heavy atom. The van der Waals surface area contributed by atoms with E-state index in [0.717, 1.165) is 5.56 Å². The Bertz CT molecular complexity index is 1130. The molecule has 2 aromatic carbocycles. The fraction of sp³-hybridized carbons (Fsp3) is 0.130. The molecule has 0 spiro atoms. The van der Waals surface area contributed by atoms with Gasteiger partial charge in [0.2, 0.25) is 15.9 Å². The van der Waals surface area contributed by atoms with Crippen molar-refractivity contribution < 1.29 is 17.9 Å². The van der Waals surface area contributed by atoms with E-state index in [1.807, 2.05) is 30.3 Å². The second-order valence-electron chi connectivity index (χ2n) is 6.70. The quantitative estimate of drug-likeness (QED) is 0.473. The topological polar surface area (TPSA) is 97.4 Å². The molecule has 0 atom stereocenters. The van der Waals surface area contributed by atoms with Gasteiger partial charge in [-0.3, -0.25) is 4.79 Å². The molecule has 0 bridgehead atoms. The second-order valence-corrected chi connectivity index (χ2v) is 8.51. The molecule has 8 heteroatoms. The van der Waals surface area contributed by atoms with E-state index in [9.17, 15) is 13.2 Å². The standard InChI is InChI=1S/C23H23N3O4S/c1-2-13-25-31(28,29)17-19-8-10-21(11-9-19)26-23(27)20-12-14-24-22(15-20)30-16-18-6-4-3-5-7-18/h2-12,14-15,25H,1,13,16-17H2,(H,26,27). The highest BCUT2D eigenvalue weighted by Crippen LogP contribution is 2.16. The third-order valence-electron chi connectivity index (χ3n) is 4.24. The predicted octanol–water partition coefficient (Wildman–Crippen LogP) is 3.52. The lowest BCUT2D eigenvalue weighted by molar-refractivity contribution is 0.102. The number of amides is 1. The maximum Gasteiger partial charge on any atom is 0.255 e. The average molecular weight is 438 g/mol. The molecule has 0 unspecified atom stereocenters. The molecule has 3 rings (SSSR count). The number of hydrogen-bond acceptors (Lipinski definition) is 5. The van der Waals surface area contributed by atoms with Gasteiger partial charge in [-0.05, 0) is 29.3 Å². The lowest BCUT2D eigenvalue weighted by atomic mass is 10.2. The summed E-state index contributed by atoms with van der Waals surface area (Å²) in [6, 6.07) is 19.5. The first-order chi connectivity index (χ1) is 14.9. The number of nitrogens with one attached hydrogen (secondary N) is 2. The second kappa shape index (κ2) is 10.5. The Morgan fingerprint density at radius 2 is 1.77 bits per heavy atom. The van der Waals surface area contributed by atoms with Gasteiger partial charge in [-0.15, -0.1) is 6.58 Å². The van der Waals surface area contributed by atoms with Crippen molar-refractivity contribution >= 4 is 21.6 Å². The van der Waals surface area contributed by atoms with E-state index in [1.165, 1.54) is 12.3 Å². The molecule has 2 N–H and O–H groups in total. The van der Waals surface area contributed by atoms with Crippen LogP contribution in [0.5, 0.6) is 5.88 Å². The normalized spacial score (nSPS) is 11.0. The zero-order valence-corrected chi connectivity index (χ0v) is 17.6. The molecule has 7 nitrogen and oxygen atoms in total. The number of carbonyl (C=O) groups is 1. The Kier molecular flexibility index (Phi) is 7.53. The first kappa shape index (κ1) is 22.2. The summed E-state index contributed by atoms with van der Waals surface area (Å²) in [5.41, 5.74) is 2.56. The average Bonchev–Trinajstić information content (AvgIpc) is 2.78. The molecule has 0 fully saturated rings. The lowest BCUT2D eigenvalue weighted by Gasteiger charge is -2.09. The van der Waals surface area contributed by atoms with Crippen molar-refractivity contribution in [3.8, 4) is 5.88 Å². The van der Waals surface area contributed by atoms with Crippen LogP contribution in [0.1, 0.15) is 21.5 Å². The summed E-state index contributed by atoms with van der Waals surface area (Å²) in [5.74, 6) is -0.120. The summed E-state index contributed by atoms with van der Waals surface area (Å²) < 4.78 is 32.0. The number of nitrogens with zero attached hydrogens (tertiary/aromatic N) is 1. The molecule has 1 heterocycles. The van der Waals surface area contributed by atoms with E-state index >= 15 is 0 Å². The molecule has 0 radical (unpaired) electrons. The molecule has 160 valence electrons. The third-order valence-corrected chi connectivity index (χ3v) is 5.56. The SMILES string of the molecule is C=CCNS(=O)(=O)Cc1ccc(NC(=O)c2ccnc(OCc3ccccc3)c2)cc1. The lowest BCUT2D eigenvalue weighted by Crippen LogP contribution is -2.25. The number of pyridine rings is 1. The summed E-state index contributed by atoms with van der Waals surface area (Å²) in [7, 11) is -3.44. The highest BCUT2D eigenvalue weighted by Gasteiger charge is 2.11. The Morgan fingerprint density at radius 1 is 1.03 bits per heavy atom. The Hall–Kier alpha value is -3.49. The van der Waals surface area contributed by atoms with E-state index in [4.69, 9.17) is 4.74 Å². The molecule has 1 amide bonds. The number of sulfonamides is 1. The van der Waals surface area contributed by atoms with Crippen molar-refractivity contribution in [1.82, 2.24) is 9.71 Å². The fourth-order valence-electron chi connectivity index (χ4n) is 2.71. The van der Waals surface area contributed by atoms with Crippen LogP contribution in [0.3, 0.4) is 0 Å². The van der Waals surface area contributed by atoms with Gasteiger partial charge >= 0.3 is 0 Å². The van der Waals surface area contributed by atoms with Gasteiger partial charge < -0.3 is 10.1 Å². The maximum absolute atomic E-state index is 12.6. The summed E-state index contributed by atoms with van der Waals surface area (Å²) >= 11 is 0. The first-order valence-corrected chi connectivity index (χ1v) is 11.2. The number of anilines is 1. The van der Waals surface area contributed by atoms with E-state index in [0.29, 0.717) is 29.3 Å². The minimum atomic E-state index is -3.44. The largest absolute Gasteiger partial charge is 0.473 e. The van der Waals surface area contributed by atoms with Gasteiger partial charge in [0.15, 0.2) is 0 Å². The van der Waals surface area contributed by atoms with E-state index in [1.54, 1.807) is 36.4 Å². The molecule has 0 aliphatic rings. The summed E-state index contributed by atoms with van der Waals surface area (Å²) in [5, 5.41) is 2.78. The smallest absolute Gasteiger partial charge is 0.255 e. The van der Waals surface area contributed by atoms with Crippen LogP contribution < -0.4 is 14.8 Å². The van der Waals surface area contributed by atoms with Crippen LogP contribution in [-0.4, -0.2) is 25.9 Å². The number of ether oxygens (including phenoxy) is 1. The van der Waals surface area contributed by atoms with Crippen LogP contribution in [0.15, 0.2) is 85.6 Å². The number of benzene rings is 2. The molecular weight excluding hydrogens is 414 g/mol. The van der Waals surface area contributed by atoms with Crippen LogP contribution in [0.25, 0.3) is 0 Å². The van der Waals surface area contributed by atoms with Gasteiger partial charge in [0, 0.05) is 30.1 Å². The molecule has 0 saturated carbocycles. The number of rotatable bonds is 10. The Labute approximate surface area is 181 Å². The first-order valence-electron chi connectivity index (χ1n) is 9.56. The summed E-state index contributed by atoms with van der Waals surface area (Å²) in [4.78, 5) is 16.7. The van der Waals surface area contributed by atoms with Gasteiger partial charge in [0.25, 0.3) is 5.91 Å². The van der Waals surface area contributed by atoms with Gasteiger partial charge in [-0.25, -0.2) is 18.1 Å². The van der Waals surface area contributed by atoms with Crippen molar-refractivity contribution in [2.75, 3.05) is 11.9 Å². The maximum atomic E-state index is 12.6. The van der Waals surface area contributed by atoms with Crippen molar-refractivity contribution in [1.29, 1.82) is 0 Å². The van der Waals surface area contributed by atoms with Crippen molar-refractivity contribution in [3.63, 3.8) is 0 Å². The number of aromatic nitrogens is 1. The third kappa shape index (κ3) is 7.06. The highest BCUT2D eigenvalue weighted by atomic mass is 32.2. The van der Waals surface area contributed by atoms with Crippen LogP contribution in [-0.2, 0) is 22.4 Å². The molecular formula is C23H23N3O4S. The summed E-state index contributed by atoms with van der Waals surface area (Å²) in [6.45, 7) is 4.02. The minimum Gasteiger partial charge on any atom is -0.473 e. The Balaban J connectivity index is 1.59. The van der Waals surface area contributed by atoms with E-state index < -0.39 is 10.0 Å². The molecule has 0 aliphatic carbocycles. The zero-order chi connectivity index (χ0) is 22.1. The van der Waals surface area contributed by atoms with Gasteiger partial charge in [-0.2, -0.15) is 0 Å². The predicted molar refractivity (Wildman–Crippen MR) is 120 cm³/mol. The van der Waals surface area contributed by atoms with Crippen molar-refractivity contribution in [2.45, 2.75) is 12.4 Å². The van der Waals surface area contributed by atoms with E-state index in [2.05, 4.69) is 21.6 Å². The molecule has 3 aromatic rings. The van der Waals surface area contributed by atoms with Gasteiger partial charge in [0.05, 0.1) is 5.75 Å². The van der Waals surface area contributed by atoms with Crippen molar-refractivity contribution in [3.05, 3.63) is 102 Å². The zero-order valence-electron chi connectivity index (χ0n) is 16.8. The van der Waals surface area contributed by atoms with Crippen LogP contribution in [0, 0.1) is 0 Å². The molecule has 31 heavy (non-hydrogen) atoms. The molecule has 1 aromatic heterocycles. The summed E-state index contributed by atoms with van der Waals surface area (Å²) in [6.07, 6.45) is 2.99. The van der Waals surface area contributed by atoms with Crippen LogP contribution in [0.4, 0.5) is 5.69 Å². The van der Waals surface area contributed by atoms with Crippen molar-refractivity contribution in [2.24, 2.45) is 0 Å². The monoisotopic (exact) mass is 437 g/mol. The number of carbonyl (C=O) groups excluding carboxylic acids is 1. The number of hydrogen-bond donors (Lipinski definition) is 2. The van der Waals surface area contributed by atoms with E-state index in [-0.39, 0.29) is 18.2 Å². The fourth-order valence-corrected chi connectivity index (χ4v) is 3.81. The highest BCUT2D eigenvalue weighted by molar-refractivity contribution is 7.88. The van der Waals surface area contributed by atoms with Crippen LogP contribution >= 0.6 is 0 Å².